The molecule has 0 aliphatic carbocycles. The number of aromatic nitrogens is 1. The van der Waals surface area contributed by atoms with E-state index in [1.54, 1.807) is 12.3 Å². The lowest BCUT2D eigenvalue weighted by Gasteiger charge is -2.13. The first-order chi connectivity index (χ1) is 11.9. The second-order valence-electron chi connectivity index (χ2n) is 5.99. The molecule has 0 saturated carbocycles. The van der Waals surface area contributed by atoms with Crippen LogP contribution < -0.4 is 4.74 Å². The van der Waals surface area contributed by atoms with Crippen LogP contribution >= 0.6 is 15.9 Å². The van der Waals surface area contributed by atoms with Gasteiger partial charge in [-0.2, -0.15) is 0 Å². The number of halogens is 2. The topological polar surface area (TPSA) is 59.4 Å². The molecule has 0 fully saturated rings. The van der Waals surface area contributed by atoms with Gasteiger partial charge in [0.15, 0.2) is 11.1 Å². The highest BCUT2D eigenvalue weighted by atomic mass is 79.9. The average Bonchev–Trinajstić information content (AvgIpc) is 2.55. The van der Waals surface area contributed by atoms with Gasteiger partial charge in [0.2, 0.25) is 5.88 Å². The molecule has 0 spiro atoms. The van der Waals surface area contributed by atoms with Gasteiger partial charge in [-0.15, -0.1) is 0 Å². The molecule has 7 heteroatoms. The summed E-state index contributed by atoms with van der Waals surface area (Å²) in [6, 6.07) is 6.90. The zero-order valence-corrected chi connectivity index (χ0v) is 16.6. The highest BCUT2D eigenvalue weighted by Gasteiger charge is 2.11. The van der Waals surface area contributed by atoms with Crippen LogP contribution in [-0.2, 0) is 17.5 Å². The van der Waals surface area contributed by atoms with Gasteiger partial charge in [0, 0.05) is 29.1 Å². The number of rotatable bonds is 8. The molecule has 1 aromatic carbocycles. The molecule has 1 aromatic heterocycles. The molecule has 1 heterocycles. The minimum atomic E-state index is -1.83. The summed E-state index contributed by atoms with van der Waals surface area (Å²) in [4.78, 5) is 4.30. The van der Waals surface area contributed by atoms with E-state index in [1.165, 1.54) is 6.07 Å². The molecule has 25 heavy (non-hydrogen) atoms. The third kappa shape index (κ3) is 5.87. The molecule has 0 radical (unpaired) electrons. The summed E-state index contributed by atoms with van der Waals surface area (Å²) in [7, 11) is 0. The summed E-state index contributed by atoms with van der Waals surface area (Å²) in [5.74, 6) is 0.392. The van der Waals surface area contributed by atoms with Crippen molar-refractivity contribution in [3.05, 3.63) is 47.4 Å². The fraction of sp³-hybridized carbons (Fsp3) is 0.389. The van der Waals surface area contributed by atoms with Crippen molar-refractivity contribution in [3.8, 4) is 17.0 Å². The van der Waals surface area contributed by atoms with E-state index in [4.69, 9.17) is 9.29 Å². The lowest BCUT2D eigenvalue weighted by atomic mass is 10.00. The van der Waals surface area contributed by atoms with Gasteiger partial charge >= 0.3 is 0 Å². The Morgan fingerprint density at radius 2 is 2.16 bits per heavy atom. The Morgan fingerprint density at radius 1 is 1.40 bits per heavy atom. The van der Waals surface area contributed by atoms with Crippen molar-refractivity contribution in [1.29, 1.82) is 0 Å². The number of hydrogen-bond acceptors (Lipinski definition) is 3. The summed E-state index contributed by atoms with van der Waals surface area (Å²) in [5, 5.41) is 0.703. The fourth-order valence-electron chi connectivity index (χ4n) is 2.47. The maximum absolute atomic E-state index is 13.8. The normalized spacial score (nSPS) is 13.5. The third-order valence-electron chi connectivity index (χ3n) is 3.75. The van der Waals surface area contributed by atoms with E-state index < -0.39 is 11.1 Å². The van der Waals surface area contributed by atoms with Gasteiger partial charge in [0.1, 0.15) is 5.82 Å². The van der Waals surface area contributed by atoms with Crippen LogP contribution in [0.3, 0.4) is 0 Å². The molecule has 136 valence electrons. The molecule has 0 bridgehead atoms. The fourth-order valence-corrected chi connectivity index (χ4v) is 3.48. The van der Waals surface area contributed by atoms with E-state index >= 15 is 0 Å². The summed E-state index contributed by atoms with van der Waals surface area (Å²) >= 11 is 1.51. The maximum atomic E-state index is 13.8. The molecule has 2 rings (SSSR count). The Labute approximate surface area is 158 Å². The predicted octanol–water partition coefficient (Wildman–Crippen LogP) is 4.37. The first-order valence-electron chi connectivity index (χ1n) is 7.92. The number of benzene rings is 1. The van der Waals surface area contributed by atoms with Crippen LogP contribution in [0.5, 0.6) is 5.88 Å². The van der Waals surface area contributed by atoms with Crippen LogP contribution in [0.1, 0.15) is 18.1 Å². The summed E-state index contributed by atoms with van der Waals surface area (Å²) in [6.45, 7) is 4.12. The summed E-state index contributed by atoms with van der Waals surface area (Å²) < 4.78 is 39.1. The minimum Gasteiger partial charge on any atom is -0.477 e. The first kappa shape index (κ1) is 20.0. The average molecular weight is 430 g/mol. The van der Waals surface area contributed by atoms with Gasteiger partial charge < -0.3 is 9.29 Å². The van der Waals surface area contributed by atoms with Crippen LogP contribution in [0.15, 0.2) is 30.5 Å². The molecule has 0 saturated heterocycles. The third-order valence-corrected chi connectivity index (χ3v) is 5.00. The summed E-state index contributed by atoms with van der Waals surface area (Å²) in [6.07, 6.45) is 2.34. The lowest BCUT2D eigenvalue weighted by Crippen LogP contribution is -2.16. The van der Waals surface area contributed by atoms with Crippen LogP contribution in [0.2, 0.25) is 0 Å². The van der Waals surface area contributed by atoms with E-state index in [2.05, 4.69) is 20.9 Å². The quantitative estimate of drug-likeness (QED) is 0.499. The molecular weight excluding hydrogens is 409 g/mol. The number of ether oxygens (including phenoxy) is 1. The van der Waals surface area contributed by atoms with E-state index in [0.717, 1.165) is 16.7 Å². The van der Waals surface area contributed by atoms with Gasteiger partial charge in [0.25, 0.3) is 0 Å². The van der Waals surface area contributed by atoms with Crippen LogP contribution in [0.25, 0.3) is 11.1 Å². The maximum Gasteiger partial charge on any atom is 0.213 e. The molecule has 0 aliphatic rings. The highest BCUT2D eigenvalue weighted by Crippen LogP contribution is 2.27. The number of pyridine rings is 1. The predicted molar refractivity (Wildman–Crippen MR) is 102 cm³/mol. The second kappa shape index (κ2) is 9.40. The van der Waals surface area contributed by atoms with Crippen molar-refractivity contribution < 1.29 is 17.9 Å². The van der Waals surface area contributed by atoms with Gasteiger partial charge in [-0.25, -0.2) is 13.6 Å². The molecule has 2 unspecified atom stereocenters. The molecule has 4 nitrogen and oxygen atoms in total. The molecule has 2 aromatic rings. The molecule has 0 amide bonds. The lowest BCUT2D eigenvalue weighted by molar-refractivity contribution is 0.261. The molecular formula is C18H21BrFNO3S. The molecule has 2 atom stereocenters. The van der Waals surface area contributed by atoms with Crippen molar-refractivity contribution in [2.24, 2.45) is 5.92 Å². The van der Waals surface area contributed by atoms with Gasteiger partial charge in [-0.05, 0) is 42.2 Å². The largest absolute Gasteiger partial charge is 0.477 e. The van der Waals surface area contributed by atoms with Crippen LogP contribution in [-0.4, -0.2) is 31.4 Å². The van der Waals surface area contributed by atoms with E-state index in [0.29, 0.717) is 29.8 Å². The SMILES string of the molecule is Cc1cc(OCC(C)CS(=O)O)ncc1-c1ccc(F)c(CCBr)c1. The Kier molecular flexibility index (Phi) is 7.53. The second-order valence-corrected chi connectivity index (χ2v) is 7.76. The Hall–Kier alpha value is -1.31. The zero-order valence-electron chi connectivity index (χ0n) is 14.2. The van der Waals surface area contributed by atoms with Crippen molar-refractivity contribution in [1.82, 2.24) is 4.98 Å². The highest BCUT2D eigenvalue weighted by molar-refractivity contribution is 9.09. The van der Waals surface area contributed by atoms with E-state index in [9.17, 15) is 8.60 Å². The first-order valence-corrected chi connectivity index (χ1v) is 10.3. The van der Waals surface area contributed by atoms with Gasteiger partial charge in [-0.3, -0.25) is 0 Å². The van der Waals surface area contributed by atoms with Crippen molar-refractivity contribution in [3.63, 3.8) is 0 Å². The van der Waals surface area contributed by atoms with Crippen molar-refractivity contribution >= 4 is 27.0 Å². The standard InChI is InChI=1S/C18H21BrFNO3S/c1-12(11-25(22)23)10-24-18-7-13(2)16(9-21-18)14-3-4-17(20)15(8-14)5-6-19/h3-4,7-9,12H,5-6,10-11H2,1-2H3,(H,22,23). The Morgan fingerprint density at radius 3 is 2.80 bits per heavy atom. The number of nitrogens with zero attached hydrogens (tertiary/aromatic N) is 1. The van der Waals surface area contributed by atoms with Crippen molar-refractivity contribution in [2.45, 2.75) is 20.3 Å². The van der Waals surface area contributed by atoms with Crippen molar-refractivity contribution in [2.75, 3.05) is 17.7 Å². The molecule has 1 N–H and O–H groups in total. The Balaban J connectivity index is 2.14. The molecule has 0 aliphatic heterocycles. The number of hydrogen-bond donors (Lipinski definition) is 1. The van der Waals surface area contributed by atoms with Crippen LogP contribution in [0, 0.1) is 18.7 Å². The van der Waals surface area contributed by atoms with Gasteiger partial charge in [0.05, 0.1) is 12.4 Å². The smallest absolute Gasteiger partial charge is 0.213 e. The number of alkyl halides is 1. The number of aryl methyl sites for hydroxylation is 2. The van der Waals surface area contributed by atoms with Crippen LogP contribution in [0.4, 0.5) is 4.39 Å². The minimum absolute atomic E-state index is 0.0449. The zero-order chi connectivity index (χ0) is 18.4. The Bertz CT molecular complexity index is 757. The van der Waals surface area contributed by atoms with Gasteiger partial charge in [-0.1, -0.05) is 28.9 Å². The monoisotopic (exact) mass is 429 g/mol. The summed E-state index contributed by atoms with van der Waals surface area (Å²) in [5.41, 5.74) is 3.48. The van der Waals surface area contributed by atoms with E-state index in [1.807, 2.05) is 26.0 Å². The van der Waals surface area contributed by atoms with E-state index in [-0.39, 0.29) is 17.5 Å².